The first-order chi connectivity index (χ1) is 15.5. The zero-order valence-corrected chi connectivity index (χ0v) is 18.6. The first-order valence-electron chi connectivity index (χ1n) is 11.3. The van der Waals surface area contributed by atoms with Crippen molar-refractivity contribution in [2.45, 2.75) is 25.8 Å². The lowest BCUT2D eigenvalue weighted by atomic mass is 10.0. The number of rotatable bonds is 6. The second-order valence-corrected chi connectivity index (χ2v) is 8.94. The van der Waals surface area contributed by atoms with Gasteiger partial charge in [-0.15, -0.1) is 0 Å². The number of nitrogens with zero attached hydrogens (tertiary/aromatic N) is 1. The lowest BCUT2D eigenvalue weighted by Crippen LogP contribution is -2.46. The molecule has 0 aliphatic carbocycles. The lowest BCUT2D eigenvalue weighted by molar-refractivity contribution is -0.926. The first kappa shape index (κ1) is 22.0. The minimum Gasteiger partial charge on any atom is -0.323 e. The Morgan fingerprint density at radius 2 is 1.66 bits per heavy atom. The first-order valence-corrected chi connectivity index (χ1v) is 11.3. The molecule has 3 aromatic carbocycles. The molecule has 1 N–H and O–H groups in total. The van der Waals surface area contributed by atoms with Crippen LogP contribution >= 0.6 is 0 Å². The molecule has 4 rings (SSSR count). The van der Waals surface area contributed by atoms with Crippen LogP contribution in [-0.4, -0.2) is 30.5 Å². The van der Waals surface area contributed by atoms with Gasteiger partial charge in [0.05, 0.1) is 20.1 Å². The fourth-order valence-electron chi connectivity index (χ4n) is 4.39. The van der Waals surface area contributed by atoms with Crippen LogP contribution in [0.2, 0.25) is 0 Å². The molecule has 0 saturated carbocycles. The smallest absolute Gasteiger partial charge is 0.248 e. The van der Waals surface area contributed by atoms with E-state index in [2.05, 4.69) is 24.5 Å². The highest BCUT2D eigenvalue weighted by Gasteiger charge is 2.24. The van der Waals surface area contributed by atoms with E-state index in [-0.39, 0.29) is 11.7 Å². The summed E-state index contributed by atoms with van der Waals surface area (Å²) >= 11 is 0. The van der Waals surface area contributed by atoms with Crippen LogP contribution < -0.4 is 5.32 Å². The van der Waals surface area contributed by atoms with Crippen LogP contribution in [0.5, 0.6) is 0 Å². The molecule has 1 fully saturated rings. The Morgan fingerprint density at radius 1 is 0.938 bits per heavy atom. The fraction of sp³-hybridized carbons (Fsp3) is 0.250. The van der Waals surface area contributed by atoms with Gasteiger partial charge in [0.1, 0.15) is 12.4 Å². The highest BCUT2D eigenvalue weighted by atomic mass is 19.1. The van der Waals surface area contributed by atoms with Crippen LogP contribution in [0, 0.1) is 5.82 Å². The monoisotopic (exact) mass is 429 g/mol. The molecule has 0 unspecified atom stereocenters. The molecular weight excluding hydrogens is 399 g/mol. The van der Waals surface area contributed by atoms with Gasteiger partial charge >= 0.3 is 0 Å². The highest BCUT2D eigenvalue weighted by molar-refractivity contribution is 6.02. The average molecular weight is 430 g/mol. The molecule has 1 heterocycles. The number of quaternary nitrogens is 1. The molecule has 0 bridgehead atoms. The van der Waals surface area contributed by atoms with E-state index in [1.165, 1.54) is 56.1 Å². The van der Waals surface area contributed by atoms with Gasteiger partial charge in [0.15, 0.2) is 0 Å². The summed E-state index contributed by atoms with van der Waals surface area (Å²) in [5, 5.41) is 2.93. The molecule has 4 heteroatoms. The number of amides is 1. The molecule has 0 radical (unpaired) electrons. The van der Waals surface area contributed by atoms with Gasteiger partial charge in [0.25, 0.3) is 0 Å². The number of nitrogens with one attached hydrogen (secondary N) is 1. The van der Waals surface area contributed by atoms with Gasteiger partial charge in [-0.05, 0) is 72.4 Å². The van der Waals surface area contributed by atoms with Crippen molar-refractivity contribution in [3.63, 3.8) is 0 Å². The average Bonchev–Trinajstić information content (AvgIpc) is 2.80. The Balaban J connectivity index is 1.35. The summed E-state index contributed by atoms with van der Waals surface area (Å²) in [6.07, 6.45) is 7.30. The van der Waals surface area contributed by atoms with Gasteiger partial charge in [0.2, 0.25) is 5.91 Å². The molecule has 0 spiro atoms. The Hall–Kier alpha value is -3.24. The Labute approximate surface area is 189 Å². The van der Waals surface area contributed by atoms with E-state index < -0.39 is 0 Å². The van der Waals surface area contributed by atoms with Gasteiger partial charge in [-0.25, -0.2) is 4.39 Å². The second kappa shape index (κ2) is 9.92. The van der Waals surface area contributed by atoms with Crippen molar-refractivity contribution in [1.82, 2.24) is 0 Å². The molecule has 1 aliphatic rings. The van der Waals surface area contributed by atoms with Crippen LogP contribution in [0.3, 0.4) is 0 Å². The minimum absolute atomic E-state index is 0.167. The van der Waals surface area contributed by atoms with Gasteiger partial charge < -0.3 is 9.80 Å². The van der Waals surface area contributed by atoms with Gasteiger partial charge in [-0.1, -0.05) is 42.5 Å². The Bertz CT molecular complexity index is 1080. The third-order valence-corrected chi connectivity index (χ3v) is 6.17. The maximum atomic E-state index is 13.2. The molecule has 3 nitrogen and oxygen atoms in total. The Kier molecular flexibility index (Phi) is 6.81. The van der Waals surface area contributed by atoms with E-state index >= 15 is 0 Å². The fourth-order valence-corrected chi connectivity index (χ4v) is 4.39. The zero-order valence-electron chi connectivity index (χ0n) is 18.6. The summed E-state index contributed by atoms with van der Waals surface area (Å²) < 4.78 is 14.3. The van der Waals surface area contributed by atoms with Crippen molar-refractivity contribution in [2.75, 3.05) is 25.5 Å². The molecule has 3 aromatic rings. The zero-order chi connectivity index (χ0) is 22.4. The number of piperidine rings is 1. The third kappa shape index (κ3) is 5.92. The van der Waals surface area contributed by atoms with Crippen molar-refractivity contribution < 1.29 is 13.7 Å². The third-order valence-electron chi connectivity index (χ3n) is 6.17. The van der Waals surface area contributed by atoms with Crippen molar-refractivity contribution in [2.24, 2.45) is 0 Å². The van der Waals surface area contributed by atoms with E-state index in [0.29, 0.717) is 0 Å². The number of carbonyl (C=O) groups is 1. The van der Waals surface area contributed by atoms with Gasteiger partial charge in [-0.2, -0.15) is 0 Å². The lowest BCUT2D eigenvalue weighted by Gasteiger charge is -2.37. The van der Waals surface area contributed by atoms with E-state index in [4.69, 9.17) is 0 Å². The van der Waals surface area contributed by atoms with E-state index in [1.807, 2.05) is 36.4 Å². The van der Waals surface area contributed by atoms with E-state index in [0.717, 1.165) is 33.4 Å². The number of halogens is 1. The molecular formula is C28H30FN2O+. The SMILES string of the molecule is C[N+]1(Cc2ccc(NC(=O)/C=C/c3cccc(-c4ccc(F)cc4)c3)cc2)CCCCC1. The number of benzene rings is 3. The van der Waals surface area contributed by atoms with Crippen LogP contribution in [-0.2, 0) is 11.3 Å². The molecule has 0 aromatic heterocycles. The van der Waals surface area contributed by atoms with E-state index in [1.54, 1.807) is 18.2 Å². The summed E-state index contributed by atoms with van der Waals surface area (Å²) in [4.78, 5) is 12.4. The van der Waals surface area contributed by atoms with E-state index in [9.17, 15) is 9.18 Å². The quantitative estimate of drug-likeness (QED) is 0.363. The second-order valence-electron chi connectivity index (χ2n) is 8.94. The molecule has 1 amide bonds. The normalized spacial score (nSPS) is 15.6. The predicted octanol–water partition coefficient (Wildman–Crippen LogP) is 6.28. The number of likely N-dealkylation sites (tertiary alicyclic amines) is 1. The van der Waals surface area contributed by atoms with Crippen LogP contribution in [0.4, 0.5) is 10.1 Å². The van der Waals surface area contributed by atoms with Gasteiger partial charge in [0, 0.05) is 17.3 Å². The van der Waals surface area contributed by atoms with Crippen molar-refractivity contribution in [1.29, 1.82) is 0 Å². The van der Waals surface area contributed by atoms with Crippen molar-refractivity contribution in [3.05, 3.63) is 95.8 Å². The molecule has 32 heavy (non-hydrogen) atoms. The Morgan fingerprint density at radius 3 is 2.38 bits per heavy atom. The molecule has 164 valence electrons. The number of hydrogen-bond donors (Lipinski definition) is 1. The molecule has 1 saturated heterocycles. The summed E-state index contributed by atoms with van der Waals surface area (Å²) in [5.41, 5.74) is 4.93. The number of carbonyl (C=O) groups excluding carboxylic acids is 1. The molecule has 0 atom stereocenters. The van der Waals surface area contributed by atoms with Gasteiger partial charge in [-0.3, -0.25) is 4.79 Å². The van der Waals surface area contributed by atoms with Crippen molar-refractivity contribution >= 4 is 17.7 Å². The summed E-state index contributed by atoms with van der Waals surface area (Å²) in [7, 11) is 2.34. The summed E-state index contributed by atoms with van der Waals surface area (Å²) in [6.45, 7) is 3.52. The van der Waals surface area contributed by atoms with Crippen LogP contribution in [0.1, 0.15) is 30.4 Å². The summed E-state index contributed by atoms with van der Waals surface area (Å²) in [6, 6.07) is 22.4. The van der Waals surface area contributed by atoms with Crippen LogP contribution in [0.15, 0.2) is 78.9 Å². The van der Waals surface area contributed by atoms with Crippen LogP contribution in [0.25, 0.3) is 17.2 Å². The number of hydrogen-bond acceptors (Lipinski definition) is 1. The maximum absolute atomic E-state index is 13.2. The maximum Gasteiger partial charge on any atom is 0.248 e. The van der Waals surface area contributed by atoms with Crippen molar-refractivity contribution in [3.8, 4) is 11.1 Å². The molecule has 1 aliphatic heterocycles. The topological polar surface area (TPSA) is 29.1 Å². The standard InChI is InChI=1S/C28H29FN2O/c1-31(18-3-2-4-19-31)21-23-8-15-27(16-9-23)30-28(32)17-10-22-6-5-7-25(20-22)24-11-13-26(29)14-12-24/h5-17,20H,2-4,18-19,21H2,1H3/p+1/b17-10+. The minimum atomic E-state index is -0.253. The predicted molar refractivity (Wildman–Crippen MR) is 129 cm³/mol. The largest absolute Gasteiger partial charge is 0.323 e. The highest BCUT2D eigenvalue weighted by Crippen LogP contribution is 2.22. The number of anilines is 1. The summed E-state index contributed by atoms with van der Waals surface area (Å²) in [5.74, 6) is -0.420.